The molecule has 0 radical (unpaired) electrons. The molecule has 0 fully saturated rings. The number of ether oxygens (including phenoxy) is 1. The van der Waals surface area contributed by atoms with E-state index in [9.17, 15) is 14.4 Å². The Morgan fingerprint density at radius 3 is 1.83 bits per heavy atom. The van der Waals surface area contributed by atoms with Gasteiger partial charge in [0.15, 0.2) is 0 Å². The van der Waals surface area contributed by atoms with E-state index >= 15 is 0 Å². The zero-order chi connectivity index (χ0) is 14.2. The molecule has 11 nitrogen and oxygen atoms in total. The second-order valence-electron chi connectivity index (χ2n) is 3.46. The van der Waals surface area contributed by atoms with Crippen molar-refractivity contribution >= 4 is 6.16 Å². The van der Waals surface area contributed by atoms with Crippen LogP contribution in [0.1, 0.15) is 20.8 Å². The maximum Gasteiger partial charge on any atom is 0.563 e. The van der Waals surface area contributed by atoms with Crippen molar-refractivity contribution in [3.05, 3.63) is 21.2 Å². The van der Waals surface area contributed by atoms with Crippen LogP contribution in [0.5, 0.6) is 0 Å². The number of hydrogen-bond acceptors (Lipinski definition) is 11. The van der Waals surface area contributed by atoms with E-state index in [1.807, 2.05) is 0 Å². The molecule has 1 heterocycles. The smallest absolute Gasteiger partial charge is 0.427 e. The fourth-order valence-electron chi connectivity index (χ4n) is 0.454. The van der Waals surface area contributed by atoms with E-state index < -0.39 is 23.4 Å². The first kappa shape index (κ1) is 15.6. The average Bonchev–Trinajstić information content (AvgIpc) is 2.40. The van der Waals surface area contributed by atoms with E-state index in [4.69, 9.17) is 5.26 Å². The van der Waals surface area contributed by atoms with Gasteiger partial charge in [-0.15, -0.1) is 0 Å². The van der Waals surface area contributed by atoms with Gasteiger partial charge in [0.2, 0.25) is 0 Å². The summed E-state index contributed by atoms with van der Waals surface area (Å²) in [6.45, 7) is 5.01. The van der Waals surface area contributed by atoms with Gasteiger partial charge in [-0.3, -0.25) is 4.89 Å². The van der Waals surface area contributed by atoms with Crippen LogP contribution in [-0.2, 0) is 9.62 Å². The Kier molecular flexibility index (Phi) is 6.06. The molecule has 1 N–H and O–H groups in total. The van der Waals surface area contributed by atoms with Crippen LogP contribution in [0.4, 0.5) is 4.79 Å². The fourth-order valence-corrected chi connectivity index (χ4v) is 0.454. The van der Waals surface area contributed by atoms with Gasteiger partial charge in [0, 0.05) is 0 Å². The Balaban J connectivity index is 0.000000321. The van der Waals surface area contributed by atoms with Gasteiger partial charge in [-0.25, -0.2) is 4.79 Å². The van der Waals surface area contributed by atoms with Gasteiger partial charge in [-0.1, -0.05) is 0 Å². The first-order valence-corrected chi connectivity index (χ1v) is 4.22. The molecule has 0 aliphatic carbocycles. The summed E-state index contributed by atoms with van der Waals surface area (Å²) in [5, 5.41) is 7.72. The first-order valence-electron chi connectivity index (χ1n) is 4.22. The molecule has 1 rings (SSSR count). The highest BCUT2D eigenvalue weighted by atomic mass is 17.4. The standard InChI is InChI=1S/C5H10O4.C2O7/c1-5(2,3)8-4(6)9-7;3-1-5-2(4)7-9-8-6-1/h7H,1-3H3;. The molecule has 0 aromatic carbocycles. The predicted molar refractivity (Wildman–Crippen MR) is 47.9 cm³/mol. The van der Waals surface area contributed by atoms with Crippen molar-refractivity contribution < 1.29 is 42.7 Å². The van der Waals surface area contributed by atoms with Gasteiger partial charge in [0.05, 0.1) is 0 Å². The second-order valence-corrected chi connectivity index (χ2v) is 3.46. The van der Waals surface area contributed by atoms with Crippen LogP contribution in [0.25, 0.3) is 0 Å². The Hall–Kier alpha value is -2.43. The van der Waals surface area contributed by atoms with Gasteiger partial charge >= 0.3 is 17.8 Å². The molecule has 0 saturated carbocycles. The van der Waals surface area contributed by atoms with Gasteiger partial charge in [0.1, 0.15) is 5.60 Å². The molecule has 1 aromatic rings. The van der Waals surface area contributed by atoms with Crippen molar-refractivity contribution in [2.75, 3.05) is 0 Å². The molecular weight excluding hydrogens is 260 g/mol. The van der Waals surface area contributed by atoms with E-state index in [0.29, 0.717) is 0 Å². The largest absolute Gasteiger partial charge is 0.563 e. The monoisotopic (exact) mass is 270 g/mol. The minimum atomic E-state index is -1.35. The summed E-state index contributed by atoms with van der Waals surface area (Å²) >= 11 is 0. The van der Waals surface area contributed by atoms with Crippen LogP contribution < -0.4 is 11.6 Å². The van der Waals surface area contributed by atoms with Crippen molar-refractivity contribution in [2.24, 2.45) is 0 Å². The highest BCUT2D eigenvalue weighted by molar-refractivity contribution is 5.59. The number of carbonyl (C=O) groups excluding carboxylic acids is 1. The molecule has 0 aliphatic heterocycles. The third-order valence-electron chi connectivity index (χ3n) is 0.863. The zero-order valence-electron chi connectivity index (χ0n) is 9.53. The third-order valence-corrected chi connectivity index (χ3v) is 0.863. The lowest BCUT2D eigenvalue weighted by atomic mass is 10.2. The molecule has 1 aromatic heterocycles. The Morgan fingerprint density at radius 2 is 1.56 bits per heavy atom. The zero-order valence-corrected chi connectivity index (χ0v) is 9.53. The molecule has 0 unspecified atom stereocenters. The van der Waals surface area contributed by atoms with Crippen LogP contribution >= 0.6 is 0 Å². The lowest BCUT2D eigenvalue weighted by Gasteiger charge is -2.16. The molecule has 0 saturated heterocycles. The minimum absolute atomic E-state index is 0.611. The topological polar surface area (TPSA) is 156 Å². The number of rotatable bonds is 0. The van der Waals surface area contributed by atoms with Gasteiger partial charge in [-0.05, 0) is 30.2 Å². The number of hydrogen-bond donors (Lipinski definition) is 1. The van der Waals surface area contributed by atoms with Gasteiger partial charge in [-0.2, -0.15) is 24.0 Å². The van der Waals surface area contributed by atoms with Crippen molar-refractivity contribution in [3.8, 4) is 0 Å². The summed E-state index contributed by atoms with van der Waals surface area (Å²) in [5.41, 5.74) is -0.611. The third kappa shape index (κ3) is 8.84. The van der Waals surface area contributed by atoms with Crippen molar-refractivity contribution in [2.45, 2.75) is 26.4 Å². The second kappa shape index (κ2) is 7.01. The Labute approximate surface area is 97.5 Å². The molecule has 18 heavy (non-hydrogen) atoms. The lowest BCUT2D eigenvalue weighted by Crippen LogP contribution is -2.23. The molecule has 0 amide bonds. The van der Waals surface area contributed by atoms with Crippen LogP contribution in [0.2, 0.25) is 0 Å². The summed E-state index contributed by atoms with van der Waals surface area (Å²) in [7, 11) is 0. The van der Waals surface area contributed by atoms with Crippen LogP contribution in [0.3, 0.4) is 0 Å². The highest BCUT2D eigenvalue weighted by Crippen LogP contribution is 2.06. The normalized spacial score (nSPS) is 9.78. The van der Waals surface area contributed by atoms with Crippen molar-refractivity contribution in [3.63, 3.8) is 0 Å². The summed E-state index contributed by atoms with van der Waals surface area (Å²) in [6, 6.07) is 0. The van der Waals surface area contributed by atoms with E-state index in [-0.39, 0.29) is 0 Å². The van der Waals surface area contributed by atoms with E-state index in [1.54, 1.807) is 20.8 Å². The summed E-state index contributed by atoms with van der Waals surface area (Å²) in [5.74, 6) is -2.70. The minimum Gasteiger partial charge on any atom is -0.427 e. The van der Waals surface area contributed by atoms with Crippen LogP contribution in [0, 0.1) is 0 Å². The highest BCUT2D eigenvalue weighted by Gasteiger charge is 2.16. The molecule has 0 atom stereocenters. The Morgan fingerprint density at radius 1 is 1.11 bits per heavy atom. The Bertz CT molecular complexity index is 454. The SMILES string of the molecule is CC(C)(C)OC(=O)OO.O=c1ooooc(=O)o1. The summed E-state index contributed by atoms with van der Waals surface area (Å²) in [6.07, 6.45) is -1.08. The number of carbonyl (C=O) groups is 1. The molecule has 0 aliphatic rings. The van der Waals surface area contributed by atoms with Crippen molar-refractivity contribution in [1.29, 1.82) is 0 Å². The van der Waals surface area contributed by atoms with Gasteiger partial charge in [0.25, 0.3) is 0 Å². The quantitative estimate of drug-likeness (QED) is 0.405. The first-order chi connectivity index (χ1) is 8.24. The maximum atomic E-state index is 10.1. The molecule has 11 heteroatoms. The molecule has 0 bridgehead atoms. The van der Waals surface area contributed by atoms with Crippen molar-refractivity contribution in [1.82, 2.24) is 0 Å². The van der Waals surface area contributed by atoms with Crippen LogP contribution in [0.15, 0.2) is 32.6 Å². The molecule has 104 valence electrons. The van der Waals surface area contributed by atoms with Crippen LogP contribution in [-0.4, -0.2) is 17.0 Å². The van der Waals surface area contributed by atoms with Gasteiger partial charge < -0.3 is 9.15 Å². The molecular formula is C7H10O11. The summed E-state index contributed by atoms with van der Waals surface area (Å²) < 4.78 is 22.1. The summed E-state index contributed by atoms with van der Waals surface area (Å²) in [4.78, 5) is 33.3. The fraction of sp³-hybridized carbons (Fsp3) is 0.571. The molecule has 0 spiro atoms. The maximum absolute atomic E-state index is 10.1. The van der Waals surface area contributed by atoms with E-state index in [0.717, 1.165) is 0 Å². The lowest BCUT2D eigenvalue weighted by molar-refractivity contribution is -0.301. The predicted octanol–water partition coefficient (Wildman–Crippen LogP) is 0.907. The average molecular weight is 270 g/mol. The van der Waals surface area contributed by atoms with E-state index in [2.05, 4.69) is 32.7 Å². The van der Waals surface area contributed by atoms with E-state index in [1.165, 1.54) is 0 Å².